The van der Waals surface area contributed by atoms with Gasteiger partial charge in [0.1, 0.15) is 0 Å². The van der Waals surface area contributed by atoms with Crippen molar-refractivity contribution in [2.45, 2.75) is 46.2 Å². The molecule has 1 aromatic heterocycles. The van der Waals surface area contributed by atoms with Crippen molar-refractivity contribution in [3.63, 3.8) is 0 Å². The zero-order chi connectivity index (χ0) is 14.5. The molecule has 1 atom stereocenters. The molecular weight excluding hydrogens is 252 g/mol. The fraction of sp³-hybridized carbons (Fsp3) is 0.733. The lowest BCUT2D eigenvalue weighted by Gasteiger charge is -2.36. The summed E-state index contributed by atoms with van der Waals surface area (Å²) in [5.74, 6) is 1.45. The Labute approximate surface area is 121 Å². The molecule has 0 unspecified atom stereocenters. The van der Waals surface area contributed by atoms with Crippen LogP contribution in [-0.2, 0) is 6.54 Å². The minimum Gasteiger partial charge on any atom is -0.340 e. The largest absolute Gasteiger partial charge is 0.340 e. The molecule has 5 heteroatoms. The molecule has 0 radical (unpaired) electrons. The van der Waals surface area contributed by atoms with Crippen molar-refractivity contribution in [3.05, 3.63) is 23.4 Å². The van der Waals surface area contributed by atoms with Gasteiger partial charge in [0.15, 0.2) is 5.82 Å². The molecule has 1 aliphatic heterocycles. The highest BCUT2D eigenvalue weighted by Gasteiger charge is 2.23. The highest BCUT2D eigenvalue weighted by molar-refractivity contribution is 4.96. The fourth-order valence-electron chi connectivity index (χ4n) is 2.62. The predicted octanol–water partition coefficient (Wildman–Crippen LogP) is 2.24. The third kappa shape index (κ3) is 4.42. The number of hydrogen-bond donors (Lipinski definition) is 0. The van der Waals surface area contributed by atoms with Crippen molar-refractivity contribution in [1.29, 1.82) is 0 Å². The average molecular weight is 278 g/mol. The molecule has 1 fully saturated rings. The number of likely N-dealkylation sites (tertiary alicyclic amines) is 1. The van der Waals surface area contributed by atoms with Crippen molar-refractivity contribution in [3.8, 4) is 0 Å². The molecule has 0 spiro atoms. The highest BCUT2D eigenvalue weighted by atomic mass is 16.5. The number of rotatable bonds is 5. The Hall–Kier alpha value is -1.20. The van der Waals surface area contributed by atoms with Gasteiger partial charge in [-0.15, -0.1) is 0 Å². The van der Waals surface area contributed by atoms with E-state index in [-0.39, 0.29) is 0 Å². The third-order valence-corrected chi connectivity index (χ3v) is 3.83. The molecule has 20 heavy (non-hydrogen) atoms. The number of likely N-dealkylation sites (N-methyl/N-ethyl adjacent to an activating group) is 1. The van der Waals surface area contributed by atoms with E-state index in [2.05, 4.69) is 46.9 Å². The van der Waals surface area contributed by atoms with Crippen LogP contribution in [0.25, 0.3) is 0 Å². The van der Waals surface area contributed by atoms with Crippen LogP contribution in [0, 0.1) is 6.92 Å². The lowest BCUT2D eigenvalue weighted by atomic mass is 10.0. The molecule has 0 N–H and O–H groups in total. The molecule has 2 rings (SSSR count). The quantitative estimate of drug-likeness (QED) is 0.773. The van der Waals surface area contributed by atoms with Crippen molar-refractivity contribution in [2.24, 2.45) is 0 Å². The second kappa shape index (κ2) is 6.99. The zero-order valence-corrected chi connectivity index (χ0v) is 13.1. The van der Waals surface area contributed by atoms with E-state index in [9.17, 15) is 0 Å². The Kier molecular flexibility index (Phi) is 5.31. The molecule has 0 saturated carbocycles. The van der Waals surface area contributed by atoms with Crippen molar-refractivity contribution < 1.29 is 4.52 Å². The van der Waals surface area contributed by atoms with Crippen molar-refractivity contribution >= 4 is 0 Å². The number of aromatic nitrogens is 2. The van der Waals surface area contributed by atoms with Gasteiger partial charge >= 0.3 is 0 Å². The Morgan fingerprint density at radius 3 is 2.95 bits per heavy atom. The first-order valence-corrected chi connectivity index (χ1v) is 7.39. The molecule has 1 saturated heterocycles. The molecule has 2 heterocycles. The van der Waals surface area contributed by atoms with Gasteiger partial charge in [0.2, 0.25) is 5.89 Å². The summed E-state index contributed by atoms with van der Waals surface area (Å²) in [4.78, 5) is 9.16. The molecular formula is C15H26N4O. The highest BCUT2D eigenvalue weighted by Crippen LogP contribution is 2.16. The molecule has 1 aliphatic rings. The fourth-order valence-corrected chi connectivity index (χ4v) is 2.62. The molecule has 112 valence electrons. The van der Waals surface area contributed by atoms with E-state index < -0.39 is 0 Å². The Morgan fingerprint density at radius 1 is 1.50 bits per heavy atom. The predicted molar refractivity (Wildman–Crippen MR) is 79.4 cm³/mol. The number of aryl methyl sites for hydroxylation is 1. The summed E-state index contributed by atoms with van der Waals surface area (Å²) in [7, 11) is 2.21. The van der Waals surface area contributed by atoms with E-state index in [1.807, 2.05) is 6.92 Å². The van der Waals surface area contributed by atoms with Crippen LogP contribution < -0.4 is 0 Å². The van der Waals surface area contributed by atoms with Crippen LogP contribution in [0.5, 0.6) is 0 Å². The number of allylic oxidation sites excluding steroid dienone is 1. The Bertz CT molecular complexity index is 450. The SMILES string of the molecule is CC(C)=CCN(C)[C@@H]1CCCN(Cc2noc(C)n2)C1. The first-order valence-electron chi connectivity index (χ1n) is 7.39. The van der Waals surface area contributed by atoms with E-state index in [1.54, 1.807) is 0 Å². The third-order valence-electron chi connectivity index (χ3n) is 3.83. The van der Waals surface area contributed by atoms with Crippen LogP contribution in [-0.4, -0.2) is 52.7 Å². The zero-order valence-electron chi connectivity index (χ0n) is 13.1. The van der Waals surface area contributed by atoms with E-state index >= 15 is 0 Å². The van der Waals surface area contributed by atoms with Crippen LogP contribution >= 0.6 is 0 Å². The molecule has 1 aromatic rings. The normalized spacial score (nSPS) is 20.4. The monoisotopic (exact) mass is 278 g/mol. The van der Waals surface area contributed by atoms with Gasteiger partial charge in [0.25, 0.3) is 0 Å². The number of hydrogen-bond acceptors (Lipinski definition) is 5. The minimum atomic E-state index is 0.618. The van der Waals surface area contributed by atoms with E-state index in [0.717, 1.165) is 32.0 Å². The molecule has 0 bridgehead atoms. The average Bonchev–Trinajstić information content (AvgIpc) is 2.81. The lowest BCUT2D eigenvalue weighted by Crippen LogP contribution is -2.46. The maximum Gasteiger partial charge on any atom is 0.223 e. The standard InChI is InChI=1S/C15H26N4O/c1-12(2)7-9-18(4)14-6-5-8-19(10-14)11-15-16-13(3)20-17-15/h7,14H,5-6,8-11H2,1-4H3/t14-/m1/s1. The maximum absolute atomic E-state index is 5.04. The van der Waals surface area contributed by atoms with Crippen LogP contribution in [0.4, 0.5) is 0 Å². The van der Waals surface area contributed by atoms with Gasteiger partial charge in [-0.2, -0.15) is 4.98 Å². The summed E-state index contributed by atoms with van der Waals surface area (Å²) >= 11 is 0. The summed E-state index contributed by atoms with van der Waals surface area (Å²) in [6.07, 6.45) is 4.80. The van der Waals surface area contributed by atoms with E-state index in [0.29, 0.717) is 11.9 Å². The summed E-state index contributed by atoms with van der Waals surface area (Å²) in [5, 5.41) is 3.99. The Balaban J connectivity index is 1.86. The first kappa shape index (κ1) is 15.2. The summed E-state index contributed by atoms with van der Waals surface area (Å²) in [5.41, 5.74) is 1.38. The van der Waals surface area contributed by atoms with Gasteiger partial charge in [-0.3, -0.25) is 9.80 Å². The van der Waals surface area contributed by atoms with Gasteiger partial charge in [-0.25, -0.2) is 0 Å². The van der Waals surface area contributed by atoms with E-state index in [4.69, 9.17) is 4.52 Å². The molecule has 0 aromatic carbocycles. The van der Waals surface area contributed by atoms with Gasteiger partial charge in [0.05, 0.1) is 6.54 Å². The maximum atomic E-state index is 5.04. The van der Waals surface area contributed by atoms with Crippen LogP contribution in [0.2, 0.25) is 0 Å². The summed E-state index contributed by atoms with van der Waals surface area (Å²) in [6, 6.07) is 0.618. The Morgan fingerprint density at radius 2 is 2.30 bits per heavy atom. The van der Waals surface area contributed by atoms with Crippen LogP contribution in [0.1, 0.15) is 38.4 Å². The smallest absolute Gasteiger partial charge is 0.223 e. The van der Waals surface area contributed by atoms with Gasteiger partial charge in [-0.1, -0.05) is 16.8 Å². The molecule has 0 amide bonds. The van der Waals surface area contributed by atoms with Gasteiger partial charge in [-0.05, 0) is 40.3 Å². The minimum absolute atomic E-state index is 0.618. The van der Waals surface area contributed by atoms with Gasteiger partial charge in [0, 0.05) is 26.1 Å². The van der Waals surface area contributed by atoms with Gasteiger partial charge < -0.3 is 4.52 Å². The summed E-state index contributed by atoms with van der Waals surface area (Å²) < 4.78 is 5.04. The van der Waals surface area contributed by atoms with E-state index in [1.165, 1.54) is 18.4 Å². The number of piperidine rings is 1. The lowest BCUT2D eigenvalue weighted by molar-refractivity contribution is 0.116. The summed E-state index contributed by atoms with van der Waals surface area (Å²) in [6.45, 7) is 10.2. The van der Waals surface area contributed by atoms with Crippen molar-refractivity contribution in [1.82, 2.24) is 19.9 Å². The van der Waals surface area contributed by atoms with Crippen molar-refractivity contribution in [2.75, 3.05) is 26.7 Å². The van der Waals surface area contributed by atoms with Crippen LogP contribution in [0.15, 0.2) is 16.2 Å². The topological polar surface area (TPSA) is 45.4 Å². The number of nitrogens with zero attached hydrogens (tertiary/aromatic N) is 4. The molecule has 0 aliphatic carbocycles. The molecule has 5 nitrogen and oxygen atoms in total. The first-order chi connectivity index (χ1) is 9.54. The second-order valence-corrected chi connectivity index (χ2v) is 5.98. The van der Waals surface area contributed by atoms with Crippen LogP contribution in [0.3, 0.4) is 0 Å². The second-order valence-electron chi connectivity index (χ2n) is 5.98.